The Morgan fingerprint density at radius 1 is 1.43 bits per heavy atom. The second-order valence-corrected chi connectivity index (χ2v) is 5.95. The van der Waals surface area contributed by atoms with E-state index in [1.807, 2.05) is 6.92 Å². The number of phenols is 1. The van der Waals surface area contributed by atoms with Crippen molar-refractivity contribution in [3.05, 3.63) is 23.8 Å². The van der Waals surface area contributed by atoms with E-state index in [4.69, 9.17) is 9.47 Å². The van der Waals surface area contributed by atoms with Crippen molar-refractivity contribution in [2.75, 3.05) is 26.8 Å². The first kappa shape index (κ1) is 17.4. The van der Waals surface area contributed by atoms with Gasteiger partial charge < -0.3 is 25.2 Å². The molecule has 1 aromatic carbocycles. The van der Waals surface area contributed by atoms with Crippen LogP contribution in [0.4, 0.5) is 0 Å². The first-order valence-electron chi connectivity index (χ1n) is 8.08. The molecule has 0 radical (unpaired) electrons. The average Bonchev–Trinajstić information content (AvgIpc) is 2.98. The topological polar surface area (TPSA) is 75.1 Å². The Labute approximate surface area is 137 Å². The summed E-state index contributed by atoms with van der Waals surface area (Å²) in [6.45, 7) is 6.81. The van der Waals surface area contributed by atoms with E-state index >= 15 is 0 Å². The van der Waals surface area contributed by atoms with Crippen molar-refractivity contribution in [2.24, 2.45) is 4.99 Å². The van der Waals surface area contributed by atoms with Crippen molar-refractivity contribution >= 4 is 5.96 Å². The Kier molecular flexibility index (Phi) is 6.10. The molecule has 3 N–H and O–H groups in total. The number of nitrogens with zero attached hydrogens (tertiary/aromatic N) is 1. The Balaban J connectivity index is 2.00. The molecule has 0 saturated carbocycles. The number of guanidine groups is 1. The molecule has 6 nitrogen and oxygen atoms in total. The molecule has 6 heteroatoms. The predicted octanol–water partition coefficient (Wildman–Crippen LogP) is 2.02. The summed E-state index contributed by atoms with van der Waals surface area (Å²) in [4.78, 5) is 4.54. The molecule has 0 spiro atoms. The quantitative estimate of drug-likeness (QED) is 0.552. The molecule has 0 aromatic heterocycles. The van der Waals surface area contributed by atoms with Gasteiger partial charge in [0.2, 0.25) is 0 Å². The molecule has 2 rings (SSSR count). The Morgan fingerprint density at radius 2 is 2.26 bits per heavy atom. The fourth-order valence-electron chi connectivity index (χ4n) is 2.57. The summed E-state index contributed by atoms with van der Waals surface area (Å²) >= 11 is 0. The molecule has 0 aliphatic carbocycles. The molecule has 0 amide bonds. The fraction of sp³-hybridized carbons (Fsp3) is 0.588. The third-order valence-corrected chi connectivity index (χ3v) is 3.97. The van der Waals surface area contributed by atoms with Crippen LogP contribution < -0.4 is 15.4 Å². The minimum Gasteiger partial charge on any atom is -0.508 e. The molecule has 1 heterocycles. The highest BCUT2D eigenvalue weighted by Crippen LogP contribution is 2.24. The largest absolute Gasteiger partial charge is 0.508 e. The van der Waals surface area contributed by atoms with Gasteiger partial charge in [0.1, 0.15) is 11.5 Å². The number of hydrogen-bond donors (Lipinski definition) is 3. The summed E-state index contributed by atoms with van der Waals surface area (Å²) < 4.78 is 11.0. The van der Waals surface area contributed by atoms with Gasteiger partial charge in [-0.3, -0.25) is 0 Å². The van der Waals surface area contributed by atoms with Crippen molar-refractivity contribution in [3.63, 3.8) is 0 Å². The first-order chi connectivity index (χ1) is 11.1. The maximum absolute atomic E-state index is 9.93. The van der Waals surface area contributed by atoms with Crippen LogP contribution in [-0.4, -0.2) is 43.5 Å². The van der Waals surface area contributed by atoms with Crippen molar-refractivity contribution in [3.8, 4) is 11.5 Å². The van der Waals surface area contributed by atoms with E-state index in [0.29, 0.717) is 24.8 Å². The number of aliphatic imine (C=N–C) groups is 1. The van der Waals surface area contributed by atoms with Crippen LogP contribution in [-0.2, 0) is 11.3 Å². The van der Waals surface area contributed by atoms with Crippen LogP contribution >= 0.6 is 0 Å². The number of methoxy groups -OCH3 is 1. The van der Waals surface area contributed by atoms with Gasteiger partial charge in [-0.05, 0) is 44.9 Å². The summed E-state index contributed by atoms with van der Waals surface area (Å²) in [7, 11) is 1.60. The maximum atomic E-state index is 9.93. The van der Waals surface area contributed by atoms with E-state index < -0.39 is 0 Å². The summed E-state index contributed by atoms with van der Waals surface area (Å²) in [5.41, 5.74) is 0.596. The molecule has 1 aromatic rings. The highest BCUT2D eigenvalue weighted by atomic mass is 16.5. The lowest BCUT2D eigenvalue weighted by molar-refractivity contribution is 0.0243. The molecule has 1 atom stereocenters. The smallest absolute Gasteiger partial charge is 0.191 e. The van der Waals surface area contributed by atoms with E-state index in [1.165, 1.54) is 0 Å². The monoisotopic (exact) mass is 321 g/mol. The van der Waals surface area contributed by atoms with Crippen LogP contribution in [0.15, 0.2) is 23.2 Å². The zero-order valence-corrected chi connectivity index (χ0v) is 14.2. The minimum atomic E-state index is -0.131. The lowest BCUT2D eigenvalue weighted by Crippen LogP contribution is -2.45. The van der Waals surface area contributed by atoms with Gasteiger partial charge in [0, 0.05) is 25.3 Å². The van der Waals surface area contributed by atoms with E-state index in [0.717, 1.165) is 31.6 Å². The van der Waals surface area contributed by atoms with Gasteiger partial charge in [0.15, 0.2) is 5.96 Å². The SMILES string of the molecule is CCNC(=NCc1cc(OC)ccc1O)NCC1(C)CCCO1. The summed E-state index contributed by atoms with van der Waals surface area (Å²) in [5.74, 6) is 1.64. The van der Waals surface area contributed by atoms with Crippen LogP contribution in [0.5, 0.6) is 11.5 Å². The lowest BCUT2D eigenvalue weighted by atomic mass is 10.0. The van der Waals surface area contributed by atoms with Crippen LogP contribution in [0.25, 0.3) is 0 Å². The zero-order chi connectivity index (χ0) is 16.7. The molecule has 1 aliphatic heterocycles. The third-order valence-electron chi connectivity index (χ3n) is 3.97. The normalized spacial score (nSPS) is 21.3. The zero-order valence-electron chi connectivity index (χ0n) is 14.2. The number of aromatic hydroxyl groups is 1. The average molecular weight is 321 g/mol. The predicted molar refractivity (Wildman–Crippen MR) is 91.1 cm³/mol. The molecule has 1 fully saturated rings. The van der Waals surface area contributed by atoms with Crippen LogP contribution in [0.1, 0.15) is 32.3 Å². The number of benzene rings is 1. The number of nitrogens with one attached hydrogen (secondary N) is 2. The van der Waals surface area contributed by atoms with Gasteiger partial charge in [-0.2, -0.15) is 0 Å². The second kappa shape index (κ2) is 8.06. The van der Waals surface area contributed by atoms with Gasteiger partial charge in [-0.25, -0.2) is 4.99 Å². The molecule has 0 bridgehead atoms. The number of rotatable bonds is 6. The third kappa shape index (κ3) is 5.03. The number of hydrogen-bond acceptors (Lipinski definition) is 4. The lowest BCUT2D eigenvalue weighted by Gasteiger charge is -2.24. The van der Waals surface area contributed by atoms with Gasteiger partial charge >= 0.3 is 0 Å². The van der Waals surface area contributed by atoms with Gasteiger partial charge in [-0.1, -0.05) is 0 Å². The van der Waals surface area contributed by atoms with Crippen LogP contribution in [0, 0.1) is 0 Å². The molecule has 128 valence electrons. The summed E-state index contributed by atoms with van der Waals surface area (Å²) in [6, 6.07) is 5.14. The van der Waals surface area contributed by atoms with Crippen molar-refractivity contribution in [1.29, 1.82) is 0 Å². The van der Waals surface area contributed by atoms with Crippen molar-refractivity contribution in [1.82, 2.24) is 10.6 Å². The minimum absolute atomic E-state index is 0.131. The maximum Gasteiger partial charge on any atom is 0.191 e. The standard InChI is InChI=1S/C17H27N3O3/c1-4-18-16(20-12-17(2)8-5-9-23-17)19-11-13-10-14(22-3)6-7-15(13)21/h6-7,10,21H,4-5,8-9,11-12H2,1-3H3,(H2,18,19,20). The van der Waals surface area contributed by atoms with Gasteiger partial charge in [0.05, 0.1) is 19.3 Å². The van der Waals surface area contributed by atoms with E-state index in [2.05, 4.69) is 22.5 Å². The molecular weight excluding hydrogens is 294 g/mol. The fourth-order valence-corrected chi connectivity index (χ4v) is 2.57. The van der Waals surface area contributed by atoms with Crippen LogP contribution in [0.2, 0.25) is 0 Å². The summed E-state index contributed by atoms with van der Waals surface area (Å²) in [6.07, 6.45) is 2.15. The van der Waals surface area contributed by atoms with E-state index in [9.17, 15) is 5.11 Å². The van der Waals surface area contributed by atoms with Crippen LogP contribution in [0.3, 0.4) is 0 Å². The van der Waals surface area contributed by atoms with Gasteiger partial charge in [-0.15, -0.1) is 0 Å². The summed E-state index contributed by atoms with van der Waals surface area (Å²) in [5, 5.41) is 16.5. The Bertz CT molecular complexity index is 540. The second-order valence-electron chi connectivity index (χ2n) is 5.95. The highest BCUT2D eigenvalue weighted by Gasteiger charge is 2.29. The molecular formula is C17H27N3O3. The number of phenolic OH excluding ortho intramolecular Hbond substituents is 1. The van der Waals surface area contributed by atoms with Gasteiger partial charge in [0.25, 0.3) is 0 Å². The van der Waals surface area contributed by atoms with E-state index in [-0.39, 0.29) is 11.4 Å². The Hall–Kier alpha value is -1.95. The molecule has 1 aliphatic rings. The molecule has 1 saturated heterocycles. The number of ether oxygens (including phenoxy) is 2. The van der Waals surface area contributed by atoms with E-state index in [1.54, 1.807) is 25.3 Å². The van der Waals surface area contributed by atoms with Crippen molar-refractivity contribution < 1.29 is 14.6 Å². The Morgan fingerprint density at radius 3 is 2.91 bits per heavy atom. The molecule has 23 heavy (non-hydrogen) atoms. The molecule has 1 unspecified atom stereocenters. The highest BCUT2D eigenvalue weighted by molar-refractivity contribution is 5.79. The first-order valence-corrected chi connectivity index (χ1v) is 8.08. The van der Waals surface area contributed by atoms with Crippen molar-refractivity contribution in [2.45, 2.75) is 38.8 Å².